The summed E-state index contributed by atoms with van der Waals surface area (Å²) in [5.74, 6) is 0.873. The standard InChI is InChI=1S/C25H40O3/c1-3-5-6-7-8-9-10-11-12-13-14-15-16-17-22-27-23-18-20-24(21-19-23)28-25(26)4-2/h4,18-21H,2-3,5-17,22H2,1H3. The van der Waals surface area contributed by atoms with Gasteiger partial charge >= 0.3 is 5.97 Å². The van der Waals surface area contributed by atoms with E-state index in [0.717, 1.165) is 24.9 Å². The Morgan fingerprint density at radius 2 is 1.18 bits per heavy atom. The molecule has 0 aliphatic heterocycles. The van der Waals surface area contributed by atoms with Gasteiger partial charge in [-0.25, -0.2) is 4.79 Å². The van der Waals surface area contributed by atoms with E-state index in [1.165, 1.54) is 83.5 Å². The van der Waals surface area contributed by atoms with E-state index in [2.05, 4.69) is 13.5 Å². The van der Waals surface area contributed by atoms with Gasteiger partial charge in [-0.2, -0.15) is 0 Å². The third-order valence-corrected chi connectivity index (χ3v) is 4.98. The van der Waals surface area contributed by atoms with Gasteiger partial charge in [0.05, 0.1) is 6.61 Å². The maximum absolute atomic E-state index is 11.1. The van der Waals surface area contributed by atoms with Gasteiger partial charge in [-0.1, -0.05) is 97.0 Å². The molecule has 0 heterocycles. The second-order valence-corrected chi connectivity index (χ2v) is 7.54. The highest BCUT2D eigenvalue weighted by molar-refractivity contribution is 5.83. The molecule has 1 aromatic rings. The molecule has 0 spiro atoms. The third-order valence-electron chi connectivity index (χ3n) is 4.98. The number of hydrogen-bond donors (Lipinski definition) is 0. The summed E-state index contributed by atoms with van der Waals surface area (Å²) in [6, 6.07) is 7.13. The monoisotopic (exact) mass is 388 g/mol. The third kappa shape index (κ3) is 13.4. The van der Waals surface area contributed by atoms with Crippen molar-refractivity contribution in [1.82, 2.24) is 0 Å². The molecule has 0 saturated carbocycles. The van der Waals surface area contributed by atoms with E-state index < -0.39 is 5.97 Å². The van der Waals surface area contributed by atoms with Crippen LogP contribution in [0.25, 0.3) is 0 Å². The number of unbranched alkanes of at least 4 members (excludes halogenated alkanes) is 13. The topological polar surface area (TPSA) is 35.5 Å². The van der Waals surface area contributed by atoms with Crippen molar-refractivity contribution in [2.24, 2.45) is 0 Å². The first-order valence-electron chi connectivity index (χ1n) is 11.3. The van der Waals surface area contributed by atoms with Crippen molar-refractivity contribution in [1.29, 1.82) is 0 Å². The van der Waals surface area contributed by atoms with E-state index in [4.69, 9.17) is 9.47 Å². The Morgan fingerprint density at radius 1 is 0.750 bits per heavy atom. The maximum atomic E-state index is 11.1. The molecule has 0 aliphatic carbocycles. The lowest BCUT2D eigenvalue weighted by molar-refractivity contribution is -0.128. The van der Waals surface area contributed by atoms with Crippen LogP contribution in [0.1, 0.15) is 96.8 Å². The van der Waals surface area contributed by atoms with Crippen LogP contribution >= 0.6 is 0 Å². The van der Waals surface area contributed by atoms with E-state index in [1.54, 1.807) is 12.1 Å². The summed E-state index contributed by atoms with van der Waals surface area (Å²) in [5, 5.41) is 0. The number of benzene rings is 1. The van der Waals surface area contributed by atoms with Crippen molar-refractivity contribution >= 4 is 5.97 Å². The molecule has 0 aliphatic rings. The highest BCUT2D eigenvalue weighted by Gasteiger charge is 2.00. The van der Waals surface area contributed by atoms with Crippen molar-refractivity contribution in [2.45, 2.75) is 96.8 Å². The predicted molar refractivity (Wildman–Crippen MR) is 118 cm³/mol. The summed E-state index contributed by atoms with van der Waals surface area (Å²) >= 11 is 0. The molecule has 0 N–H and O–H groups in total. The summed E-state index contributed by atoms with van der Waals surface area (Å²) in [7, 11) is 0. The molecule has 0 amide bonds. The lowest BCUT2D eigenvalue weighted by atomic mass is 10.0. The minimum absolute atomic E-state index is 0.448. The molecule has 0 aromatic heterocycles. The van der Waals surface area contributed by atoms with E-state index in [9.17, 15) is 4.79 Å². The van der Waals surface area contributed by atoms with Crippen LogP contribution in [0.4, 0.5) is 0 Å². The molecule has 0 atom stereocenters. The zero-order chi connectivity index (χ0) is 20.3. The molecule has 3 nitrogen and oxygen atoms in total. The summed E-state index contributed by atoms with van der Waals surface area (Å²) < 4.78 is 10.8. The largest absolute Gasteiger partial charge is 0.494 e. The number of carbonyl (C=O) groups excluding carboxylic acids is 1. The van der Waals surface area contributed by atoms with E-state index in [0.29, 0.717) is 5.75 Å². The fourth-order valence-electron chi connectivity index (χ4n) is 3.25. The van der Waals surface area contributed by atoms with Gasteiger partial charge in [0.2, 0.25) is 0 Å². The lowest BCUT2D eigenvalue weighted by Gasteiger charge is -2.07. The van der Waals surface area contributed by atoms with Crippen LogP contribution in [0.2, 0.25) is 0 Å². The lowest BCUT2D eigenvalue weighted by Crippen LogP contribution is -2.03. The van der Waals surface area contributed by atoms with Gasteiger partial charge in [-0.3, -0.25) is 0 Å². The average Bonchev–Trinajstić information content (AvgIpc) is 2.72. The number of carbonyl (C=O) groups is 1. The van der Waals surface area contributed by atoms with Crippen LogP contribution < -0.4 is 9.47 Å². The number of ether oxygens (including phenoxy) is 2. The minimum Gasteiger partial charge on any atom is -0.494 e. The van der Waals surface area contributed by atoms with Crippen molar-refractivity contribution in [2.75, 3.05) is 6.61 Å². The number of esters is 1. The molecule has 1 aromatic carbocycles. The molecular formula is C25H40O3. The Balaban J connectivity index is 1.87. The van der Waals surface area contributed by atoms with Gasteiger partial charge in [0.1, 0.15) is 11.5 Å². The second-order valence-electron chi connectivity index (χ2n) is 7.54. The summed E-state index contributed by atoms with van der Waals surface area (Å²) in [6.45, 7) is 6.40. The Kier molecular flexibility index (Phi) is 15.0. The number of rotatable bonds is 18. The molecule has 0 fully saturated rings. The molecule has 1 rings (SSSR count). The molecule has 0 bridgehead atoms. The van der Waals surface area contributed by atoms with E-state index in [1.807, 2.05) is 12.1 Å². The van der Waals surface area contributed by atoms with Gasteiger partial charge in [0, 0.05) is 6.08 Å². The Hall–Kier alpha value is -1.77. The molecule has 3 heteroatoms. The summed E-state index contributed by atoms with van der Waals surface area (Å²) in [5.41, 5.74) is 0. The Bertz CT molecular complexity index is 507. The Morgan fingerprint density at radius 3 is 1.64 bits per heavy atom. The summed E-state index contributed by atoms with van der Waals surface area (Å²) in [4.78, 5) is 11.1. The first-order valence-corrected chi connectivity index (χ1v) is 11.3. The first-order chi connectivity index (χ1) is 13.8. The molecule has 158 valence electrons. The van der Waals surface area contributed by atoms with Crippen LogP contribution in [0, 0.1) is 0 Å². The van der Waals surface area contributed by atoms with Crippen LogP contribution in [0.5, 0.6) is 11.5 Å². The maximum Gasteiger partial charge on any atom is 0.335 e. The van der Waals surface area contributed by atoms with Gasteiger partial charge in [0.25, 0.3) is 0 Å². The van der Waals surface area contributed by atoms with Gasteiger partial charge < -0.3 is 9.47 Å². The zero-order valence-electron chi connectivity index (χ0n) is 17.9. The van der Waals surface area contributed by atoms with Gasteiger partial charge in [0.15, 0.2) is 0 Å². The first kappa shape index (κ1) is 24.3. The fourth-order valence-corrected chi connectivity index (χ4v) is 3.25. The average molecular weight is 389 g/mol. The SMILES string of the molecule is C=CC(=O)Oc1ccc(OCCCCCCCCCCCCCCCC)cc1. The highest BCUT2D eigenvalue weighted by atomic mass is 16.5. The molecule has 0 unspecified atom stereocenters. The summed E-state index contributed by atoms with van der Waals surface area (Å²) in [6.07, 6.45) is 20.2. The van der Waals surface area contributed by atoms with Gasteiger partial charge in [-0.05, 0) is 30.7 Å². The van der Waals surface area contributed by atoms with Crippen molar-refractivity contribution < 1.29 is 14.3 Å². The van der Waals surface area contributed by atoms with Crippen molar-refractivity contribution in [3.05, 3.63) is 36.9 Å². The van der Waals surface area contributed by atoms with Crippen LogP contribution in [-0.4, -0.2) is 12.6 Å². The van der Waals surface area contributed by atoms with Crippen molar-refractivity contribution in [3.8, 4) is 11.5 Å². The predicted octanol–water partition coefficient (Wildman–Crippen LogP) is 7.64. The zero-order valence-corrected chi connectivity index (χ0v) is 17.9. The molecule has 0 saturated heterocycles. The highest BCUT2D eigenvalue weighted by Crippen LogP contribution is 2.18. The normalized spacial score (nSPS) is 10.6. The minimum atomic E-state index is -0.448. The Labute approximate surface area is 172 Å². The van der Waals surface area contributed by atoms with Crippen LogP contribution in [-0.2, 0) is 4.79 Å². The van der Waals surface area contributed by atoms with E-state index in [-0.39, 0.29) is 0 Å². The van der Waals surface area contributed by atoms with Crippen LogP contribution in [0.3, 0.4) is 0 Å². The van der Waals surface area contributed by atoms with Crippen molar-refractivity contribution in [3.63, 3.8) is 0 Å². The van der Waals surface area contributed by atoms with E-state index >= 15 is 0 Å². The fraction of sp³-hybridized carbons (Fsp3) is 0.640. The van der Waals surface area contributed by atoms with Gasteiger partial charge in [-0.15, -0.1) is 0 Å². The molecule has 0 radical (unpaired) electrons. The van der Waals surface area contributed by atoms with Crippen LogP contribution in [0.15, 0.2) is 36.9 Å². The molecular weight excluding hydrogens is 348 g/mol. The smallest absolute Gasteiger partial charge is 0.335 e. The second kappa shape index (κ2) is 17.3. The number of hydrogen-bond acceptors (Lipinski definition) is 3. The quantitative estimate of drug-likeness (QED) is 0.112. The molecule has 28 heavy (non-hydrogen) atoms.